The number of rotatable bonds is 4. The number of nitrogens with one attached hydrogen (secondary N) is 1. The van der Waals surface area contributed by atoms with E-state index in [0.29, 0.717) is 4.88 Å². The Morgan fingerprint density at radius 3 is 2.58 bits per heavy atom. The lowest BCUT2D eigenvalue weighted by Crippen LogP contribution is -2.39. The number of carbonyl (C=O) groups is 2. The fourth-order valence-corrected chi connectivity index (χ4v) is 4.00. The van der Waals surface area contributed by atoms with Gasteiger partial charge in [0.1, 0.15) is 4.88 Å². The first-order valence-electron chi connectivity index (χ1n) is 8.18. The van der Waals surface area contributed by atoms with Gasteiger partial charge in [0.05, 0.1) is 0 Å². The van der Waals surface area contributed by atoms with Crippen molar-refractivity contribution in [2.45, 2.75) is 45.8 Å². The first kappa shape index (κ1) is 16.7. The number of aryl methyl sites for hydroxylation is 2. The third kappa shape index (κ3) is 3.36. The van der Waals surface area contributed by atoms with E-state index in [1.807, 2.05) is 32.0 Å². The van der Waals surface area contributed by atoms with E-state index in [9.17, 15) is 9.59 Å². The first-order valence-corrected chi connectivity index (χ1v) is 8.99. The Labute approximate surface area is 145 Å². The number of carbonyl (C=O) groups excluding carboxylic acids is 2. The largest absolute Gasteiger partial charge is 0.448 e. The van der Waals surface area contributed by atoms with Crippen molar-refractivity contribution in [2.24, 2.45) is 0 Å². The molecule has 0 saturated heterocycles. The molecule has 1 amide bonds. The van der Waals surface area contributed by atoms with Crippen LogP contribution in [-0.2, 0) is 22.4 Å². The normalized spacial score (nSPS) is 13.8. The average molecular weight is 343 g/mol. The zero-order valence-electron chi connectivity index (χ0n) is 14.1. The Kier molecular flexibility index (Phi) is 4.71. The second-order valence-electron chi connectivity index (χ2n) is 6.33. The second kappa shape index (κ2) is 6.77. The minimum Gasteiger partial charge on any atom is -0.448 e. The standard InChI is InChI=1S/C19H21NO3S/c1-11(2)20-18(21)12(3)23-19(22)16-10-14-9-8-13-6-4-5-7-15(13)17(14)24-16/h4-7,10-12H,8-9H2,1-3H3,(H,20,21). The van der Waals surface area contributed by atoms with Crippen molar-refractivity contribution in [2.75, 3.05) is 0 Å². The SMILES string of the molecule is CC(C)NC(=O)C(C)OC(=O)c1cc2c(s1)-c1ccccc1CC2. The fraction of sp³-hybridized carbons (Fsp3) is 0.368. The summed E-state index contributed by atoms with van der Waals surface area (Å²) in [6.07, 6.45) is 1.12. The lowest BCUT2D eigenvalue weighted by Gasteiger charge is -2.15. The summed E-state index contributed by atoms with van der Waals surface area (Å²) >= 11 is 1.45. The van der Waals surface area contributed by atoms with Gasteiger partial charge in [-0.05, 0) is 56.4 Å². The Morgan fingerprint density at radius 2 is 1.83 bits per heavy atom. The molecule has 1 aromatic heterocycles. The van der Waals surface area contributed by atoms with Crippen molar-refractivity contribution in [1.29, 1.82) is 0 Å². The smallest absolute Gasteiger partial charge is 0.349 e. The summed E-state index contributed by atoms with van der Waals surface area (Å²) in [6.45, 7) is 5.34. The molecule has 5 heteroatoms. The van der Waals surface area contributed by atoms with Gasteiger partial charge >= 0.3 is 5.97 Å². The van der Waals surface area contributed by atoms with Gasteiger partial charge in [-0.2, -0.15) is 0 Å². The molecule has 1 N–H and O–H groups in total. The molecule has 24 heavy (non-hydrogen) atoms. The summed E-state index contributed by atoms with van der Waals surface area (Å²) in [5, 5.41) is 2.75. The van der Waals surface area contributed by atoms with E-state index < -0.39 is 12.1 Å². The van der Waals surface area contributed by atoms with Gasteiger partial charge in [-0.1, -0.05) is 24.3 Å². The summed E-state index contributed by atoms with van der Waals surface area (Å²) in [6, 6.07) is 10.2. The molecule has 1 aliphatic carbocycles. The summed E-state index contributed by atoms with van der Waals surface area (Å²) in [5.74, 6) is -0.705. The zero-order chi connectivity index (χ0) is 17.3. The molecular weight excluding hydrogens is 322 g/mol. The molecule has 126 valence electrons. The molecule has 1 aromatic carbocycles. The Balaban J connectivity index is 1.77. The van der Waals surface area contributed by atoms with Crippen LogP contribution in [-0.4, -0.2) is 24.0 Å². The number of esters is 1. The molecule has 0 saturated carbocycles. The molecule has 0 fully saturated rings. The molecule has 0 radical (unpaired) electrons. The van der Waals surface area contributed by atoms with Crippen LogP contribution >= 0.6 is 11.3 Å². The lowest BCUT2D eigenvalue weighted by atomic mass is 9.91. The van der Waals surface area contributed by atoms with Gasteiger partial charge in [-0.15, -0.1) is 11.3 Å². The lowest BCUT2D eigenvalue weighted by molar-refractivity contribution is -0.129. The minimum atomic E-state index is -0.800. The van der Waals surface area contributed by atoms with Crippen molar-refractivity contribution in [3.8, 4) is 10.4 Å². The minimum absolute atomic E-state index is 0.0178. The van der Waals surface area contributed by atoms with Gasteiger partial charge in [-0.25, -0.2) is 4.79 Å². The van der Waals surface area contributed by atoms with Crippen molar-refractivity contribution in [1.82, 2.24) is 5.32 Å². The number of ether oxygens (including phenoxy) is 1. The second-order valence-corrected chi connectivity index (χ2v) is 7.39. The van der Waals surface area contributed by atoms with E-state index in [0.717, 1.165) is 17.7 Å². The Bertz CT molecular complexity index is 779. The number of hydrogen-bond donors (Lipinski definition) is 1. The molecule has 4 nitrogen and oxygen atoms in total. The zero-order valence-corrected chi connectivity index (χ0v) is 14.9. The maximum atomic E-state index is 12.4. The molecule has 1 heterocycles. The monoisotopic (exact) mass is 343 g/mol. The molecule has 1 aliphatic rings. The van der Waals surface area contributed by atoms with Crippen molar-refractivity contribution < 1.29 is 14.3 Å². The van der Waals surface area contributed by atoms with Gasteiger partial charge < -0.3 is 10.1 Å². The fourth-order valence-electron chi connectivity index (χ4n) is 2.85. The van der Waals surface area contributed by atoms with E-state index in [1.165, 1.54) is 28.0 Å². The van der Waals surface area contributed by atoms with Crippen LogP contribution in [0.15, 0.2) is 30.3 Å². The highest BCUT2D eigenvalue weighted by Gasteiger charge is 2.24. The molecule has 1 unspecified atom stereocenters. The van der Waals surface area contributed by atoms with Crippen LogP contribution in [0.3, 0.4) is 0 Å². The van der Waals surface area contributed by atoms with Crippen LogP contribution in [0.1, 0.15) is 41.6 Å². The van der Waals surface area contributed by atoms with E-state index in [2.05, 4.69) is 17.4 Å². The highest BCUT2D eigenvalue weighted by molar-refractivity contribution is 7.17. The maximum Gasteiger partial charge on any atom is 0.349 e. The van der Waals surface area contributed by atoms with Crippen LogP contribution in [0.5, 0.6) is 0 Å². The van der Waals surface area contributed by atoms with Crippen LogP contribution < -0.4 is 5.32 Å². The molecule has 0 aliphatic heterocycles. The number of fused-ring (bicyclic) bond motifs is 3. The summed E-state index contributed by atoms with van der Waals surface area (Å²) in [5.41, 5.74) is 3.70. The average Bonchev–Trinajstić information content (AvgIpc) is 2.99. The molecule has 1 atom stereocenters. The highest BCUT2D eigenvalue weighted by Crippen LogP contribution is 2.39. The summed E-state index contributed by atoms with van der Waals surface area (Å²) in [7, 11) is 0. The van der Waals surface area contributed by atoms with Crippen molar-refractivity contribution in [3.63, 3.8) is 0 Å². The number of benzene rings is 1. The highest BCUT2D eigenvalue weighted by atomic mass is 32.1. The predicted molar refractivity (Wildman–Crippen MR) is 95.3 cm³/mol. The number of thiophene rings is 1. The first-order chi connectivity index (χ1) is 11.5. The number of hydrogen-bond acceptors (Lipinski definition) is 4. The van der Waals surface area contributed by atoms with E-state index in [4.69, 9.17) is 4.74 Å². The van der Waals surface area contributed by atoms with Crippen LogP contribution in [0.2, 0.25) is 0 Å². The topological polar surface area (TPSA) is 55.4 Å². The van der Waals surface area contributed by atoms with Crippen LogP contribution in [0.25, 0.3) is 10.4 Å². The quantitative estimate of drug-likeness (QED) is 0.863. The summed E-state index contributed by atoms with van der Waals surface area (Å²) < 4.78 is 5.32. The molecule has 0 spiro atoms. The van der Waals surface area contributed by atoms with Gasteiger partial charge in [0, 0.05) is 10.9 Å². The van der Waals surface area contributed by atoms with Crippen molar-refractivity contribution in [3.05, 3.63) is 46.3 Å². The van der Waals surface area contributed by atoms with Crippen LogP contribution in [0.4, 0.5) is 0 Å². The Morgan fingerprint density at radius 1 is 1.12 bits per heavy atom. The molecule has 0 bridgehead atoms. The third-order valence-corrected chi connectivity index (χ3v) is 5.21. The van der Waals surface area contributed by atoms with E-state index >= 15 is 0 Å². The van der Waals surface area contributed by atoms with E-state index in [1.54, 1.807) is 6.92 Å². The maximum absolute atomic E-state index is 12.4. The van der Waals surface area contributed by atoms with Crippen LogP contribution in [0, 0.1) is 0 Å². The van der Waals surface area contributed by atoms with Gasteiger partial charge in [0.2, 0.25) is 0 Å². The van der Waals surface area contributed by atoms with Gasteiger partial charge in [-0.3, -0.25) is 4.79 Å². The van der Waals surface area contributed by atoms with E-state index in [-0.39, 0.29) is 11.9 Å². The molecule has 2 aromatic rings. The predicted octanol–water partition coefficient (Wildman–Crippen LogP) is 3.58. The summed E-state index contributed by atoms with van der Waals surface area (Å²) in [4.78, 5) is 26.0. The third-order valence-electron chi connectivity index (χ3n) is 4.02. The Hall–Kier alpha value is -2.14. The number of amides is 1. The molecule has 3 rings (SSSR count). The van der Waals surface area contributed by atoms with Gasteiger partial charge in [0.25, 0.3) is 5.91 Å². The van der Waals surface area contributed by atoms with Gasteiger partial charge in [0.15, 0.2) is 6.10 Å². The molecular formula is C19H21NO3S. The van der Waals surface area contributed by atoms with Crippen molar-refractivity contribution >= 4 is 23.2 Å².